The second kappa shape index (κ2) is 6.55. The first-order chi connectivity index (χ1) is 12.5. The zero-order chi connectivity index (χ0) is 18.4. The highest BCUT2D eigenvalue weighted by Crippen LogP contribution is 2.46. The Labute approximate surface area is 157 Å². The summed E-state index contributed by atoms with van der Waals surface area (Å²) < 4.78 is 13.9. The van der Waals surface area contributed by atoms with Gasteiger partial charge in [-0.05, 0) is 66.1 Å². The zero-order valence-corrected chi connectivity index (χ0v) is 15.3. The lowest BCUT2D eigenvalue weighted by atomic mass is 9.81. The third-order valence-electron chi connectivity index (χ3n) is 5.71. The van der Waals surface area contributed by atoms with Crippen LogP contribution < -0.4 is 0 Å². The van der Waals surface area contributed by atoms with Crippen molar-refractivity contribution in [3.63, 3.8) is 0 Å². The van der Waals surface area contributed by atoms with Gasteiger partial charge in [0.2, 0.25) is 0 Å². The van der Waals surface area contributed by atoms with Crippen LogP contribution in [0.15, 0.2) is 42.2 Å². The highest BCUT2D eigenvalue weighted by Gasteiger charge is 2.41. The molecule has 0 saturated heterocycles. The number of benzene rings is 2. The molecule has 1 N–H and O–H groups in total. The number of aryl methyl sites for hydroxylation is 1. The van der Waals surface area contributed by atoms with Crippen molar-refractivity contribution in [3.05, 3.63) is 64.1 Å². The molecule has 2 aromatic carbocycles. The predicted molar refractivity (Wildman–Crippen MR) is 102 cm³/mol. The third kappa shape index (κ3) is 2.75. The van der Waals surface area contributed by atoms with Crippen molar-refractivity contribution in [1.82, 2.24) is 0 Å². The van der Waals surface area contributed by atoms with Crippen LogP contribution in [-0.2, 0) is 11.2 Å². The molecule has 0 heterocycles. The minimum absolute atomic E-state index is 0.0206. The number of fused-ring (bicyclic) bond motifs is 2. The summed E-state index contributed by atoms with van der Waals surface area (Å²) in [6.07, 6.45) is 3.23. The van der Waals surface area contributed by atoms with E-state index in [9.17, 15) is 14.3 Å². The highest BCUT2D eigenvalue weighted by atomic mass is 35.5. The Balaban J connectivity index is 1.87. The van der Waals surface area contributed by atoms with Crippen LogP contribution in [0, 0.1) is 17.7 Å². The van der Waals surface area contributed by atoms with Crippen molar-refractivity contribution in [2.45, 2.75) is 32.6 Å². The van der Waals surface area contributed by atoms with E-state index in [0.29, 0.717) is 11.1 Å². The minimum Gasteiger partial charge on any atom is -0.511 e. The first-order valence-electron chi connectivity index (χ1n) is 9.05. The van der Waals surface area contributed by atoms with Gasteiger partial charge in [-0.2, -0.15) is 0 Å². The Hall–Kier alpha value is -2.13. The fourth-order valence-electron chi connectivity index (χ4n) is 4.25. The summed E-state index contributed by atoms with van der Waals surface area (Å²) in [5.74, 6) is -0.0799. The molecule has 4 rings (SSSR count). The summed E-state index contributed by atoms with van der Waals surface area (Å²) in [4.78, 5) is 12.9. The van der Waals surface area contributed by atoms with Gasteiger partial charge in [-0.15, -0.1) is 0 Å². The molecule has 0 spiro atoms. The summed E-state index contributed by atoms with van der Waals surface area (Å²) in [6.45, 7) is 2.03. The summed E-state index contributed by atoms with van der Waals surface area (Å²) in [7, 11) is 0. The number of carbonyl (C=O) groups is 1. The van der Waals surface area contributed by atoms with E-state index < -0.39 is 5.82 Å². The van der Waals surface area contributed by atoms with E-state index in [1.165, 1.54) is 12.1 Å². The van der Waals surface area contributed by atoms with Crippen LogP contribution in [0.2, 0.25) is 5.02 Å². The van der Waals surface area contributed by atoms with Gasteiger partial charge in [-0.25, -0.2) is 4.39 Å². The van der Waals surface area contributed by atoms with Gasteiger partial charge in [0.1, 0.15) is 11.6 Å². The van der Waals surface area contributed by atoms with E-state index in [1.807, 2.05) is 25.1 Å². The summed E-state index contributed by atoms with van der Waals surface area (Å²) in [6, 6.07) is 10.5. The summed E-state index contributed by atoms with van der Waals surface area (Å²) in [5, 5.41) is 10.8. The molecule has 0 aromatic heterocycles. The SMILES string of the molecule is CCc1ccc(-c2ccc(Cl)c(F)c2)cc1C1=C(O)[C@@H]2CC[C@@H](C2)C1=O. The van der Waals surface area contributed by atoms with E-state index in [0.717, 1.165) is 42.4 Å². The smallest absolute Gasteiger partial charge is 0.169 e. The number of allylic oxidation sites excluding steroid dienone is 2. The first-order valence-corrected chi connectivity index (χ1v) is 9.43. The van der Waals surface area contributed by atoms with Gasteiger partial charge >= 0.3 is 0 Å². The highest BCUT2D eigenvalue weighted by molar-refractivity contribution is 6.30. The monoisotopic (exact) mass is 370 g/mol. The van der Waals surface area contributed by atoms with Gasteiger partial charge in [0.05, 0.1) is 10.6 Å². The lowest BCUT2D eigenvalue weighted by Gasteiger charge is -2.23. The zero-order valence-electron chi connectivity index (χ0n) is 14.6. The van der Waals surface area contributed by atoms with Crippen LogP contribution >= 0.6 is 11.6 Å². The van der Waals surface area contributed by atoms with Gasteiger partial charge < -0.3 is 5.11 Å². The molecule has 4 heteroatoms. The molecule has 1 saturated carbocycles. The van der Waals surface area contributed by atoms with Gasteiger partial charge in [0.25, 0.3) is 0 Å². The first kappa shape index (κ1) is 17.3. The molecule has 2 aromatic rings. The van der Waals surface area contributed by atoms with E-state index >= 15 is 0 Å². The van der Waals surface area contributed by atoms with E-state index in [2.05, 4.69) is 0 Å². The number of ketones is 1. The van der Waals surface area contributed by atoms with Crippen LogP contribution in [0.5, 0.6) is 0 Å². The molecule has 0 aliphatic heterocycles. The number of carbonyl (C=O) groups excluding carboxylic acids is 1. The second-order valence-electron chi connectivity index (χ2n) is 7.19. The molecule has 0 amide bonds. The molecule has 0 unspecified atom stereocenters. The van der Waals surface area contributed by atoms with Gasteiger partial charge in [-0.3, -0.25) is 4.79 Å². The standard InChI is InChI=1S/C22H20ClFO2/c1-2-12-3-4-13(14-7-8-18(23)19(24)11-14)10-17(12)20-21(25)15-5-6-16(9-15)22(20)26/h3-4,7-8,10-11,15-16,25H,2,5-6,9H2,1H3/t15-,16+/m1/s1. The van der Waals surface area contributed by atoms with Crippen molar-refractivity contribution in [2.75, 3.05) is 0 Å². The normalized spacial score (nSPS) is 22.2. The molecule has 2 aliphatic rings. The molecule has 2 aliphatic carbocycles. The fourth-order valence-corrected chi connectivity index (χ4v) is 4.36. The number of aliphatic hydroxyl groups is 1. The van der Waals surface area contributed by atoms with Crippen LogP contribution in [0.25, 0.3) is 16.7 Å². The van der Waals surface area contributed by atoms with Gasteiger partial charge in [-0.1, -0.05) is 36.7 Å². The van der Waals surface area contributed by atoms with Crippen LogP contribution in [0.4, 0.5) is 4.39 Å². The number of Topliss-reactive ketones (excluding diaryl/α,β-unsaturated/α-hetero) is 1. The fraction of sp³-hybridized carbons (Fsp3) is 0.318. The molecule has 26 heavy (non-hydrogen) atoms. The Morgan fingerprint density at radius 1 is 1.12 bits per heavy atom. The predicted octanol–water partition coefficient (Wildman–Crippen LogP) is 5.98. The molecule has 2 bridgehead atoms. The maximum Gasteiger partial charge on any atom is 0.169 e. The average Bonchev–Trinajstić information content (AvgIpc) is 3.10. The molecule has 0 radical (unpaired) electrons. The van der Waals surface area contributed by atoms with Crippen molar-refractivity contribution in [1.29, 1.82) is 0 Å². The number of halogens is 2. The van der Waals surface area contributed by atoms with Crippen molar-refractivity contribution >= 4 is 23.0 Å². The molecule has 2 nitrogen and oxygen atoms in total. The number of rotatable bonds is 3. The van der Waals surface area contributed by atoms with Crippen LogP contribution in [0.3, 0.4) is 0 Å². The molecular formula is C22H20ClFO2. The second-order valence-corrected chi connectivity index (χ2v) is 7.59. The summed E-state index contributed by atoms with van der Waals surface area (Å²) >= 11 is 5.79. The van der Waals surface area contributed by atoms with E-state index in [1.54, 1.807) is 6.07 Å². The van der Waals surface area contributed by atoms with Crippen molar-refractivity contribution < 1.29 is 14.3 Å². The van der Waals surface area contributed by atoms with Gasteiger partial charge in [0.15, 0.2) is 5.78 Å². The minimum atomic E-state index is -0.473. The van der Waals surface area contributed by atoms with Crippen LogP contribution in [-0.4, -0.2) is 10.9 Å². The number of hydrogen-bond acceptors (Lipinski definition) is 2. The topological polar surface area (TPSA) is 37.3 Å². The Morgan fingerprint density at radius 2 is 1.81 bits per heavy atom. The molecule has 2 atom stereocenters. The Bertz CT molecular complexity index is 932. The molecular weight excluding hydrogens is 351 g/mol. The largest absolute Gasteiger partial charge is 0.511 e. The third-order valence-corrected chi connectivity index (χ3v) is 6.01. The number of aliphatic hydroxyl groups excluding tert-OH is 1. The maximum atomic E-state index is 13.9. The van der Waals surface area contributed by atoms with Crippen molar-refractivity contribution in [3.8, 4) is 11.1 Å². The van der Waals surface area contributed by atoms with E-state index in [4.69, 9.17) is 11.6 Å². The number of hydrogen-bond donors (Lipinski definition) is 1. The van der Waals surface area contributed by atoms with Crippen LogP contribution in [0.1, 0.15) is 37.3 Å². The summed E-state index contributed by atoms with van der Waals surface area (Å²) in [5.41, 5.74) is 3.76. The van der Waals surface area contributed by atoms with Crippen molar-refractivity contribution in [2.24, 2.45) is 11.8 Å². The lowest BCUT2D eigenvalue weighted by Crippen LogP contribution is -2.22. The lowest BCUT2D eigenvalue weighted by molar-refractivity contribution is -0.117. The Kier molecular flexibility index (Phi) is 4.36. The maximum absolute atomic E-state index is 13.9. The van der Waals surface area contributed by atoms with E-state index in [-0.39, 0.29) is 28.4 Å². The average molecular weight is 371 g/mol. The van der Waals surface area contributed by atoms with Gasteiger partial charge in [0, 0.05) is 11.8 Å². The quantitative estimate of drug-likeness (QED) is 0.721. The molecule has 134 valence electrons. The Morgan fingerprint density at radius 3 is 2.54 bits per heavy atom. The molecule has 1 fully saturated rings.